The van der Waals surface area contributed by atoms with Gasteiger partial charge in [0, 0.05) is 18.2 Å². The third kappa shape index (κ3) is 5.21. The van der Waals surface area contributed by atoms with Gasteiger partial charge in [-0.15, -0.1) is 0 Å². The van der Waals surface area contributed by atoms with Crippen LogP contribution in [-0.4, -0.2) is 43.9 Å². The van der Waals surface area contributed by atoms with Crippen molar-refractivity contribution in [2.75, 3.05) is 27.8 Å². The largest absolute Gasteiger partial charge is 0.497 e. The quantitative estimate of drug-likeness (QED) is 0.800. The van der Waals surface area contributed by atoms with Gasteiger partial charge in [0.25, 0.3) is 0 Å². The Morgan fingerprint density at radius 1 is 1.14 bits per heavy atom. The summed E-state index contributed by atoms with van der Waals surface area (Å²) in [7, 11) is 5.28. The van der Waals surface area contributed by atoms with Crippen LogP contribution in [0.4, 0.5) is 0 Å². The minimum Gasteiger partial charge on any atom is -0.497 e. The molecule has 1 aromatic rings. The predicted molar refractivity (Wildman–Crippen MR) is 86.1 cm³/mol. The van der Waals surface area contributed by atoms with Gasteiger partial charge < -0.3 is 19.5 Å². The molecule has 2 unspecified atom stereocenters. The van der Waals surface area contributed by atoms with E-state index in [4.69, 9.17) is 9.47 Å². The van der Waals surface area contributed by atoms with E-state index in [1.54, 1.807) is 14.2 Å². The highest BCUT2D eigenvalue weighted by molar-refractivity contribution is 5.41. The van der Waals surface area contributed by atoms with E-state index in [1.165, 1.54) is 0 Å². The van der Waals surface area contributed by atoms with Gasteiger partial charge in [-0.05, 0) is 44.5 Å². The lowest BCUT2D eigenvalue weighted by molar-refractivity contribution is 0.100. The van der Waals surface area contributed by atoms with E-state index in [0.717, 1.165) is 17.7 Å². The molecule has 4 heteroatoms. The summed E-state index contributed by atoms with van der Waals surface area (Å²) in [4.78, 5) is 2.18. The highest BCUT2D eigenvalue weighted by Gasteiger charge is 2.19. The van der Waals surface area contributed by atoms with E-state index in [-0.39, 0.29) is 0 Å². The van der Waals surface area contributed by atoms with Crippen molar-refractivity contribution >= 4 is 0 Å². The predicted octanol–water partition coefficient (Wildman–Crippen LogP) is 3.10. The second-order valence-corrected chi connectivity index (χ2v) is 6.04. The number of nitrogens with zero attached hydrogens (tertiary/aromatic N) is 1. The number of methoxy groups -OCH3 is 2. The molecule has 0 saturated carbocycles. The van der Waals surface area contributed by atoms with Gasteiger partial charge >= 0.3 is 0 Å². The number of hydrogen-bond donors (Lipinski definition) is 1. The van der Waals surface area contributed by atoms with Gasteiger partial charge in [-0.2, -0.15) is 0 Å². The van der Waals surface area contributed by atoms with Crippen LogP contribution in [0.2, 0.25) is 0 Å². The average Bonchev–Trinajstić information content (AvgIpc) is 2.45. The Balaban J connectivity index is 2.80. The standard InChI is InChI=1S/C17H29NO3/c1-12(2)9-13(3)18(4)11-16(19)15-10-14(20-5)7-8-17(15)21-6/h7-8,10,12-13,16,19H,9,11H2,1-6H3. The fraction of sp³-hybridized carbons (Fsp3) is 0.647. The zero-order valence-electron chi connectivity index (χ0n) is 14.1. The Labute approximate surface area is 128 Å². The Morgan fingerprint density at radius 2 is 1.81 bits per heavy atom. The Hall–Kier alpha value is -1.26. The lowest BCUT2D eigenvalue weighted by atomic mass is 10.0. The second kappa shape index (κ2) is 8.25. The molecule has 2 atom stereocenters. The van der Waals surface area contributed by atoms with Crippen LogP contribution in [0.3, 0.4) is 0 Å². The summed E-state index contributed by atoms with van der Waals surface area (Å²) in [5, 5.41) is 10.5. The average molecular weight is 295 g/mol. The number of aliphatic hydroxyl groups is 1. The van der Waals surface area contributed by atoms with Crippen molar-refractivity contribution in [1.29, 1.82) is 0 Å². The zero-order valence-corrected chi connectivity index (χ0v) is 14.1. The number of benzene rings is 1. The maximum Gasteiger partial charge on any atom is 0.124 e. The van der Waals surface area contributed by atoms with Gasteiger partial charge in [0.05, 0.1) is 20.3 Å². The van der Waals surface area contributed by atoms with Crippen LogP contribution in [0.1, 0.15) is 38.9 Å². The van der Waals surface area contributed by atoms with E-state index in [0.29, 0.717) is 24.3 Å². The molecule has 1 aromatic carbocycles. The third-order valence-electron chi connectivity index (χ3n) is 3.82. The maximum absolute atomic E-state index is 10.5. The summed E-state index contributed by atoms with van der Waals surface area (Å²) in [5.74, 6) is 2.06. The lowest BCUT2D eigenvalue weighted by Crippen LogP contribution is -2.34. The summed E-state index contributed by atoms with van der Waals surface area (Å²) < 4.78 is 10.6. The molecule has 21 heavy (non-hydrogen) atoms. The molecule has 0 aliphatic rings. The molecule has 120 valence electrons. The van der Waals surface area contributed by atoms with Crippen LogP contribution < -0.4 is 9.47 Å². The van der Waals surface area contributed by atoms with Crippen LogP contribution in [0.15, 0.2) is 18.2 Å². The fourth-order valence-electron chi connectivity index (χ4n) is 2.51. The molecule has 0 spiro atoms. The van der Waals surface area contributed by atoms with Crippen LogP contribution >= 0.6 is 0 Å². The molecular formula is C17H29NO3. The van der Waals surface area contributed by atoms with Gasteiger partial charge in [-0.3, -0.25) is 0 Å². The monoisotopic (exact) mass is 295 g/mol. The van der Waals surface area contributed by atoms with Crippen molar-refractivity contribution in [2.45, 2.75) is 39.3 Å². The molecule has 0 aliphatic heterocycles. The summed E-state index contributed by atoms with van der Waals surface area (Å²) >= 11 is 0. The molecule has 0 radical (unpaired) electrons. The van der Waals surface area contributed by atoms with E-state index in [9.17, 15) is 5.11 Å². The summed E-state index contributed by atoms with van der Waals surface area (Å²) in [6.45, 7) is 7.19. The Kier molecular flexibility index (Phi) is 6.99. The Bertz CT molecular complexity index is 434. The number of ether oxygens (including phenoxy) is 2. The molecule has 0 heterocycles. The molecule has 0 aliphatic carbocycles. The van der Waals surface area contributed by atoms with Gasteiger partial charge in [0.2, 0.25) is 0 Å². The second-order valence-electron chi connectivity index (χ2n) is 6.04. The van der Waals surface area contributed by atoms with E-state index in [1.807, 2.05) is 25.2 Å². The van der Waals surface area contributed by atoms with Gasteiger partial charge in [0.1, 0.15) is 11.5 Å². The minimum atomic E-state index is -0.602. The van der Waals surface area contributed by atoms with Gasteiger partial charge in [-0.1, -0.05) is 13.8 Å². The van der Waals surface area contributed by atoms with E-state index < -0.39 is 6.10 Å². The molecule has 0 bridgehead atoms. The number of likely N-dealkylation sites (N-methyl/N-ethyl adjacent to an activating group) is 1. The molecular weight excluding hydrogens is 266 g/mol. The van der Waals surface area contributed by atoms with E-state index in [2.05, 4.69) is 25.7 Å². The summed E-state index contributed by atoms with van der Waals surface area (Å²) in [6, 6.07) is 5.93. The molecule has 0 aromatic heterocycles. The van der Waals surface area contributed by atoms with Crippen molar-refractivity contribution < 1.29 is 14.6 Å². The smallest absolute Gasteiger partial charge is 0.124 e. The molecule has 0 fully saturated rings. The molecule has 0 amide bonds. The highest BCUT2D eigenvalue weighted by Crippen LogP contribution is 2.30. The SMILES string of the molecule is COc1ccc(OC)c(C(O)CN(C)C(C)CC(C)C)c1. The lowest BCUT2D eigenvalue weighted by Gasteiger charge is -2.28. The molecule has 0 saturated heterocycles. The molecule has 1 N–H and O–H groups in total. The first kappa shape index (κ1) is 17.8. The van der Waals surface area contributed by atoms with Gasteiger partial charge in [-0.25, -0.2) is 0 Å². The van der Waals surface area contributed by atoms with Crippen LogP contribution in [0.5, 0.6) is 11.5 Å². The maximum atomic E-state index is 10.5. The van der Waals surface area contributed by atoms with Gasteiger partial charge in [0.15, 0.2) is 0 Å². The van der Waals surface area contributed by atoms with Crippen molar-refractivity contribution in [3.05, 3.63) is 23.8 Å². The molecule has 4 nitrogen and oxygen atoms in total. The summed E-state index contributed by atoms with van der Waals surface area (Å²) in [6.07, 6.45) is 0.507. The van der Waals surface area contributed by atoms with E-state index >= 15 is 0 Å². The fourth-order valence-corrected chi connectivity index (χ4v) is 2.51. The normalized spacial score (nSPS) is 14.3. The first-order valence-corrected chi connectivity index (χ1v) is 7.49. The number of hydrogen-bond acceptors (Lipinski definition) is 4. The minimum absolute atomic E-state index is 0.427. The number of rotatable bonds is 8. The highest BCUT2D eigenvalue weighted by atomic mass is 16.5. The first-order chi connectivity index (χ1) is 9.88. The topological polar surface area (TPSA) is 41.9 Å². The van der Waals surface area contributed by atoms with Crippen LogP contribution in [0.25, 0.3) is 0 Å². The van der Waals surface area contributed by atoms with Crippen LogP contribution in [0, 0.1) is 5.92 Å². The van der Waals surface area contributed by atoms with Crippen LogP contribution in [-0.2, 0) is 0 Å². The van der Waals surface area contributed by atoms with Crippen molar-refractivity contribution in [1.82, 2.24) is 4.90 Å². The van der Waals surface area contributed by atoms with Crippen molar-refractivity contribution in [3.63, 3.8) is 0 Å². The summed E-state index contributed by atoms with van der Waals surface area (Å²) in [5.41, 5.74) is 0.764. The Morgan fingerprint density at radius 3 is 2.33 bits per heavy atom. The third-order valence-corrected chi connectivity index (χ3v) is 3.82. The molecule has 1 rings (SSSR count). The first-order valence-electron chi connectivity index (χ1n) is 7.49. The number of aliphatic hydroxyl groups excluding tert-OH is 1. The van der Waals surface area contributed by atoms with Crippen molar-refractivity contribution in [2.24, 2.45) is 5.92 Å². The van der Waals surface area contributed by atoms with Crippen molar-refractivity contribution in [3.8, 4) is 11.5 Å². The zero-order chi connectivity index (χ0) is 16.0.